The minimum absolute atomic E-state index is 0.245. The molecule has 1 heterocycles. The van der Waals surface area contributed by atoms with Crippen molar-refractivity contribution in [1.82, 2.24) is 5.32 Å². The van der Waals surface area contributed by atoms with Crippen molar-refractivity contribution in [1.29, 1.82) is 0 Å². The number of rotatable bonds is 1. The number of benzene rings is 2. The van der Waals surface area contributed by atoms with E-state index in [9.17, 15) is 4.21 Å². The van der Waals surface area contributed by atoms with Crippen molar-refractivity contribution in [2.75, 3.05) is 18.1 Å². The minimum Gasteiger partial charge on any atom is -0.308 e. The van der Waals surface area contributed by atoms with Crippen LogP contribution in [0.4, 0.5) is 0 Å². The predicted molar refractivity (Wildman–Crippen MR) is 72.6 cm³/mol. The summed E-state index contributed by atoms with van der Waals surface area (Å²) >= 11 is 0. The highest BCUT2D eigenvalue weighted by molar-refractivity contribution is 7.85. The monoisotopic (exact) mass is 245 g/mol. The molecule has 0 aromatic heterocycles. The highest BCUT2D eigenvalue weighted by Crippen LogP contribution is 2.22. The topological polar surface area (TPSA) is 29.1 Å². The molecular weight excluding hydrogens is 230 g/mol. The van der Waals surface area contributed by atoms with Crippen LogP contribution in [-0.2, 0) is 10.8 Å². The van der Waals surface area contributed by atoms with Crippen molar-refractivity contribution in [3.63, 3.8) is 0 Å². The molecule has 0 bridgehead atoms. The summed E-state index contributed by atoms with van der Waals surface area (Å²) in [5, 5.41) is 5.95. The van der Waals surface area contributed by atoms with E-state index in [1.54, 1.807) is 0 Å². The first-order valence-electron chi connectivity index (χ1n) is 5.90. The van der Waals surface area contributed by atoms with Crippen LogP contribution < -0.4 is 5.32 Å². The highest BCUT2D eigenvalue weighted by Gasteiger charge is 2.19. The normalized spacial score (nSPS) is 24.9. The van der Waals surface area contributed by atoms with Gasteiger partial charge in [-0.25, -0.2) is 0 Å². The number of hydrogen-bond donors (Lipinski definition) is 1. The smallest absolute Gasteiger partial charge is 0.0437 e. The second kappa shape index (κ2) is 4.59. The van der Waals surface area contributed by atoms with Crippen molar-refractivity contribution in [3.8, 4) is 0 Å². The van der Waals surface area contributed by atoms with Gasteiger partial charge >= 0.3 is 0 Å². The van der Waals surface area contributed by atoms with E-state index in [0.717, 1.165) is 18.1 Å². The molecule has 2 atom stereocenters. The van der Waals surface area contributed by atoms with E-state index >= 15 is 0 Å². The predicted octanol–water partition coefficient (Wildman–Crippen LogP) is 2.23. The molecule has 1 aliphatic rings. The maximum atomic E-state index is 11.6. The molecular formula is C14H15NOS. The van der Waals surface area contributed by atoms with Crippen LogP contribution in [0.3, 0.4) is 0 Å². The molecule has 0 amide bonds. The van der Waals surface area contributed by atoms with Crippen molar-refractivity contribution < 1.29 is 4.21 Å². The zero-order valence-electron chi connectivity index (χ0n) is 9.56. The van der Waals surface area contributed by atoms with Gasteiger partial charge < -0.3 is 5.32 Å². The summed E-state index contributed by atoms with van der Waals surface area (Å²) in [5.74, 6) is 1.52. The lowest BCUT2D eigenvalue weighted by atomic mass is 10.0. The standard InChI is InChI=1S/C14H15NOS/c16-17-8-7-15-14(10-17)13-6-5-11-3-1-2-4-12(11)9-13/h1-6,9,14-15H,7-8,10H2. The Bertz CT molecular complexity index is 567. The average molecular weight is 245 g/mol. The van der Waals surface area contributed by atoms with Crippen molar-refractivity contribution >= 4 is 21.6 Å². The van der Waals surface area contributed by atoms with Crippen LogP contribution >= 0.6 is 0 Å². The highest BCUT2D eigenvalue weighted by atomic mass is 32.2. The summed E-state index contributed by atoms with van der Waals surface area (Å²) in [6.07, 6.45) is 0. The summed E-state index contributed by atoms with van der Waals surface area (Å²) in [6, 6.07) is 15.1. The first-order chi connectivity index (χ1) is 8.33. The second-order valence-corrected chi connectivity index (χ2v) is 6.05. The molecule has 2 nitrogen and oxygen atoms in total. The van der Waals surface area contributed by atoms with Crippen LogP contribution in [0.15, 0.2) is 42.5 Å². The zero-order chi connectivity index (χ0) is 11.7. The summed E-state index contributed by atoms with van der Waals surface area (Å²) < 4.78 is 11.6. The van der Waals surface area contributed by atoms with Crippen molar-refractivity contribution in [2.45, 2.75) is 6.04 Å². The maximum Gasteiger partial charge on any atom is 0.0437 e. The van der Waals surface area contributed by atoms with Gasteiger partial charge in [-0.05, 0) is 22.4 Å². The Morgan fingerprint density at radius 2 is 1.94 bits per heavy atom. The van der Waals surface area contributed by atoms with Gasteiger partial charge in [0.05, 0.1) is 0 Å². The van der Waals surface area contributed by atoms with Crippen LogP contribution in [0.25, 0.3) is 10.8 Å². The van der Waals surface area contributed by atoms with Gasteiger partial charge in [0.2, 0.25) is 0 Å². The molecule has 2 aromatic rings. The van der Waals surface area contributed by atoms with Crippen LogP contribution in [0.1, 0.15) is 11.6 Å². The van der Waals surface area contributed by atoms with E-state index in [4.69, 9.17) is 0 Å². The van der Waals surface area contributed by atoms with Gasteiger partial charge in [-0.2, -0.15) is 0 Å². The third-order valence-corrected chi connectivity index (χ3v) is 4.61. The molecule has 2 unspecified atom stereocenters. The van der Waals surface area contributed by atoms with Gasteiger partial charge in [-0.1, -0.05) is 36.4 Å². The Morgan fingerprint density at radius 3 is 2.76 bits per heavy atom. The fraction of sp³-hybridized carbons (Fsp3) is 0.286. The van der Waals surface area contributed by atoms with E-state index in [2.05, 4.69) is 47.8 Å². The molecule has 0 radical (unpaired) electrons. The van der Waals surface area contributed by atoms with E-state index in [-0.39, 0.29) is 6.04 Å². The molecule has 2 aromatic carbocycles. The third kappa shape index (κ3) is 2.26. The molecule has 1 saturated heterocycles. The molecule has 3 rings (SSSR count). The fourth-order valence-corrected chi connectivity index (χ4v) is 3.51. The lowest BCUT2D eigenvalue weighted by Gasteiger charge is -2.23. The van der Waals surface area contributed by atoms with E-state index in [1.807, 2.05) is 0 Å². The molecule has 1 N–H and O–H groups in total. The Morgan fingerprint density at radius 1 is 1.12 bits per heavy atom. The Balaban J connectivity index is 1.97. The molecule has 0 spiro atoms. The van der Waals surface area contributed by atoms with Crippen LogP contribution in [-0.4, -0.2) is 22.3 Å². The lowest BCUT2D eigenvalue weighted by Crippen LogP contribution is -2.36. The lowest BCUT2D eigenvalue weighted by molar-refractivity contribution is 0.572. The fourth-order valence-electron chi connectivity index (χ4n) is 2.31. The Labute approximate surface area is 103 Å². The molecule has 1 aliphatic heterocycles. The molecule has 0 aliphatic carbocycles. The average Bonchev–Trinajstić information content (AvgIpc) is 2.38. The zero-order valence-corrected chi connectivity index (χ0v) is 10.4. The van der Waals surface area contributed by atoms with E-state index in [1.165, 1.54) is 16.3 Å². The van der Waals surface area contributed by atoms with Gasteiger partial charge in [0.25, 0.3) is 0 Å². The van der Waals surface area contributed by atoms with Crippen LogP contribution in [0.5, 0.6) is 0 Å². The van der Waals surface area contributed by atoms with Crippen molar-refractivity contribution in [2.24, 2.45) is 0 Å². The van der Waals surface area contributed by atoms with Gasteiger partial charge in [0, 0.05) is 34.9 Å². The number of fused-ring (bicyclic) bond motifs is 1. The maximum absolute atomic E-state index is 11.6. The third-order valence-electron chi connectivity index (χ3n) is 3.25. The Kier molecular flexibility index (Phi) is 2.95. The molecule has 1 fully saturated rings. The first kappa shape index (κ1) is 10.9. The van der Waals surface area contributed by atoms with Crippen LogP contribution in [0, 0.1) is 0 Å². The van der Waals surface area contributed by atoms with Crippen molar-refractivity contribution in [3.05, 3.63) is 48.0 Å². The summed E-state index contributed by atoms with van der Waals surface area (Å²) in [6.45, 7) is 0.851. The molecule has 88 valence electrons. The minimum atomic E-state index is -0.667. The molecule has 3 heteroatoms. The molecule has 0 saturated carbocycles. The van der Waals surface area contributed by atoms with E-state index < -0.39 is 10.8 Å². The quantitative estimate of drug-likeness (QED) is 0.835. The SMILES string of the molecule is O=S1CCNC(c2ccc3ccccc3c2)C1. The van der Waals surface area contributed by atoms with E-state index in [0.29, 0.717) is 0 Å². The largest absolute Gasteiger partial charge is 0.308 e. The van der Waals surface area contributed by atoms with Gasteiger partial charge in [0.1, 0.15) is 0 Å². The van der Waals surface area contributed by atoms with Gasteiger partial charge in [-0.3, -0.25) is 4.21 Å². The summed E-state index contributed by atoms with van der Waals surface area (Å²) in [4.78, 5) is 0. The Hall–Kier alpha value is -1.19. The summed E-state index contributed by atoms with van der Waals surface area (Å²) in [7, 11) is -0.667. The van der Waals surface area contributed by atoms with Gasteiger partial charge in [0.15, 0.2) is 0 Å². The van der Waals surface area contributed by atoms with Gasteiger partial charge in [-0.15, -0.1) is 0 Å². The number of hydrogen-bond acceptors (Lipinski definition) is 2. The second-order valence-electron chi connectivity index (χ2n) is 4.42. The summed E-state index contributed by atoms with van der Waals surface area (Å²) in [5.41, 5.74) is 1.25. The molecule has 17 heavy (non-hydrogen) atoms. The first-order valence-corrected chi connectivity index (χ1v) is 7.39. The van der Waals surface area contributed by atoms with Crippen LogP contribution in [0.2, 0.25) is 0 Å². The number of nitrogens with one attached hydrogen (secondary N) is 1.